The van der Waals surface area contributed by atoms with Gasteiger partial charge in [-0.3, -0.25) is 0 Å². The first-order valence-corrected chi connectivity index (χ1v) is 5.06. The van der Waals surface area contributed by atoms with Crippen LogP contribution in [0.3, 0.4) is 0 Å². The molecular weight excluding hydrogens is 134 g/mol. The molecule has 0 radical (unpaired) electrons. The first-order valence-electron chi connectivity index (χ1n) is 5.06. The van der Waals surface area contributed by atoms with Crippen molar-refractivity contribution in [2.75, 3.05) is 6.54 Å². The van der Waals surface area contributed by atoms with Crippen LogP contribution >= 0.6 is 0 Å². The van der Waals surface area contributed by atoms with Crippen LogP contribution in [0.2, 0.25) is 0 Å². The summed E-state index contributed by atoms with van der Waals surface area (Å²) in [5.74, 6) is 0.981. The second-order valence-corrected chi connectivity index (χ2v) is 3.91. The molecule has 66 valence electrons. The van der Waals surface area contributed by atoms with Crippen LogP contribution in [-0.2, 0) is 0 Å². The fourth-order valence-electron chi connectivity index (χ4n) is 1.81. The van der Waals surface area contributed by atoms with Crippen LogP contribution < -0.4 is 5.32 Å². The lowest BCUT2D eigenvalue weighted by Gasteiger charge is -2.26. The molecule has 1 fully saturated rings. The summed E-state index contributed by atoms with van der Waals surface area (Å²) in [5, 5.41) is 3.59. The molecule has 11 heavy (non-hydrogen) atoms. The molecule has 0 atom stereocenters. The van der Waals surface area contributed by atoms with E-state index in [-0.39, 0.29) is 0 Å². The predicted octanol–water partition coefficient (Wildman–Crippen LogP) is 2.56. The van der Waals surface area contributed by atoms with E-state index in [1.54, 1.807) is 0 Å². The maximum absolute atomic E-state index is 3.59. The van der Waals surface area contributed by atoms with Gasteiger partial charge in [0.1, 0.15) is 0 Å². The summed E-state index contributed by atoms with van der Waals surface area (Å²) >= 11 is 0. The van der Waals surface area contributed by atoms with Crippen molar-refractivity contribution in [2.45, 2.75) is 52.0 Å². The summed E-state index contributed by atoms with van der Waals surface area (Å²) in [6, 6.07) is 0.839. The second-order valence-electron chi connectivity index (χ2n) is 3.91. The summed E-state index contributed by atoms with van der Waals surface area (Å²) in [4.78, 5) is 0. The van der Waals surface area contributed by atoms with E-state index in [0.29, 0.717) is 0 Å². The van der Waals surface area contributed by atoms with Crippen LogP contribution in [0.25, 0.3) is 0 Å². The molecule has 1 N–H and O–H groups in total. The number of hydrogen-bond donors (Lipinski definition) is 1. The summed E-state index contributed by atoms with van der Waals surface area (Å²) in [5.41, 5.74) is 0. The molecule has 0 heterocycles. The van der Waals surface area contributed by atoms with E-state index in [4.69, 9.17) is 0 Å². The molecule has 1 aliphatic rings. The van der Waals surface area contributed by atoms with Crippen LogP contribution in [0, 0.1) is 5.92 Å². The average Bonchev–Trinajstić information content (AvgIpc) is 2.04. The minimum atomic E-state index is 0.839. The van der Waals surface area contributed by atoms with Gasteiger partial charge in [0, 0.05) is 6.04 Å². The molecule has 1 saturated carbocycles. The van der Waals surface area contributed by atoms with Gasteiger partial charge in [-0.2, -0.15) is 0 Å². The minimum absolute atomic E-state index is 0.839. The van der Waals surface area contributed by atoms with E-state index in [9.17, 15) is 0 Å². The van der Waals surface area contributed by atoms with Gasteiger partial charge in [0.2, 0.25) is 0 Å². The lowest BCUT2D eigenvalue weighted by Crippen LogP contribution is -2.33. The minimum Gasteiger partial charge on any atom is -0.314 e. The highest BCUT2D eigenvalue weighted by molar-refractivity contribution is 4.74. The van der Waals surface area contributed by atoms with Gasteiger partial charge < -0.3 is 5.32 Å². The molecule has 0 unspecified atom stereocenters. The van der Waals surface area contributed by atoms with Crippen LogP contribution in [-0.4, -0.2) is 12.6 Å². The lowest BCUT2D eigenvalue weighted by atomic mass is 9.87. The van der Waals surface area contributed by atoms with E-state index >= 15 is 0 Å². The quantitative estimate of drug-likeness (QED) is 0.660. The molecule has 0 amide bonds. The average molecular weight is 155 g/mol. The molecule has 0 bridgehead atoms. The molecule has 0 aromatic heterocycles. The third kappa shape index (κ3) is 3.24. The topological polar surface area (TPSA) is 12.0 Å². The van der Waals surface area contributed by atoms with Crippen molar-refractivity contribution in [3.05, 3.63) is 0 Å². The zero-order chi connectivity index (χ0) is 8.10. The maximum atomic E-state index is 3.59. The van der Waals surface area contributed by atoms with Crippen molar-refractivity contribution in [1.29, 1.82) is 0 Å². The largest absolute Gasteiger partial charge is 0.314 e. The van der Waals surface area contributed by atoms with E-state index in [2.05, 4.69) is 19.2 Å². The summed E-state index contributed by atoms with van der Waals surface area (Å²) in [6.07, 6.45) is 6.94. The molecule has 0 aliphatic heterocycles. The molecule has 0 aromatic rings. The zero-order valence-corrected chi connectivity index (χ0v) is 7.90. The van der Waals surface area contributed by atoms with Gasteiger partial charge in [-0.05, 0) is 44.6 Å². The molecule has 1 heteroatoms. The fourth-order valence-corrected chi connectivity index (χ4v) is 1.81. The standard InChI is InChI=1S/C10H21N/c1-3-8-11-10-6-4-9(2)5-7-10/h9-11H,3-8H2,1-2H3/t9-,10-. The van der Waals surface area contributed by atoms with Crippen molar-refractivity contribution in [3.8, 4) is 0 Å². The van der Waals surface area contributed by atoms with Gasteiger partial charge in [0.05, 0.1) is 0 Å². The van der Waals surface area contributed by atoms with Gasteiger partial charge in [-0.1, -0.05) is 13.8 Å². The van der Waals surface area contributed by atoms with Crippen LogP contribution in [0.15, 0.2) is 0 Å². The van der Waals surface area contributed by atoms with E-state index < -0.39 is 0 Å². The fraction of sp³-hybridized carbons (Fsp3) is 1.00. The highest BCUT2D eigenvalue weighted by Crippen LogP contribution is 2.23. The Labute approximate surface area is 70.6 Å². The Morgan fingerprint density at radius 3 is 2.36 bits per heavy atom. The Hall–Kier alpha value is -0.0400. The molecule has 0 saturated heterocycles. The predicted molar refractivity (Wildman–Crippen MR) is 49.7 cm³/mol. The summed E-state index contributed by atoms with van der Waals surface area (Å²) in [7, 11) is 0. The molecule has 0 spiro atoms. The first kappa shape index (κ1) is 9.05. The second kappa shape index (κ2) is 4.76. The highest BCUT2D eigenvalue weighted by atomic mass is 14.9. The normalized spacial score (nSPS) is 32.2. The Morgan fingerprint density at radius 1 is 1.18 bits per heavy atom. The molecule has 0 aromatic carbocycles. The van der Waals surface area contributed by atoms with Gasteiger partial charge in [-0.15, -0.1) is 0 Å². The van der Waals surface area contributed by atoms with Crippen molar-refractivity contribution in [3.63, 3.8) is 0 Å². The lowest BCUT2D eigenvalue weighted by molar-refractivity contribution is 0.308. The van der Waals surface area contributed by atoms with E-state index in [0.717, 1.165) is 12.0 Å². The van der Waals surface area contributed by atoms with Gasteiger partial charge in [0.25, 0.3) is 0 Å². The smallest absolute Gasteiger partial charge is 0.00672 e. The molecule has 1 rings (SSSR count). The van der Waals surface area contributed by atoms with E-state index in [1.165, 1.54) is 38.6 Å². The third-order valence-corrected chi connectivity index (χ3v) is 2.70. The third-order valence-electron chi connectivity index (χ3n) is 2.70. The van der Waals surface area contributed by atoms with Crippen molar-refractivity contribution < 1.29 is 0 Å². The van der Waals surface area contributed by atoms with Crippen LogP contribution in [0.5, 0.6) is 0 Å². The monoisotopic (exact) mass is 155 g/mol. The Bertz CT molecular complexity index is 90.3. The Morgan fingerprint density at radius 2 is 1.82 bits per heavy atom. The van der Waals surface area contributed by atoms with Crippen molar-refractivity contribution >= 4 is 0 Å². The number of nitrogens with one attached hydrogen (secondary N) is 1. The first-order chi connectivity index (χ1) is 5.33. The Balaban J connectivity index is 2.07. The SMILES string of the molecule is CCCN[C@H]1CC[C@H](C)CC1. The zero-order valence-electron chi connectivity index (χ0n) is 7.90. The molecule has 1 aliphatic carbocycles. The highest BCUT2D eigenvalue weighted by Gasteiger charge is 2.16. The van der Waals surface area contributed by atoms with Gasteiger partial charge >= 0.3 is 0 Å². The summed E-state index contributed by atoms with van der Waals surface area (Å²) in [6.45, 7) is 5.81. The molecule has 1 nitrogen and oxygen atoms in total. The van der Waals surface area contributed by atoms with Crippen LogP contribution in [0.1, 0.15) is 46.0 Å². The van der Waals surface area contributed by atoms with Gasteiger partial charge in [0.15, 0.2) is 0 Å². The number of rotatable bonds is 3. The Kier molecular flexibility index (Phi) is 3.92. The van der Waals surface area contributed by atoms with Crippen LogP contribution in [0.4, 0.5) is 0 Å². The van der Waals surface area contributed by atoms with Crippen molar-refractivity contribution in [2.24, 2.45) is 5.92 Å². The number of hydrogen-bond acceptors (Lipinski definition) is 1. The van der Waals surface area contributed by atoms with E-state index in [1.807, 2.05) is 0 Å². The molecular formula is C10H21N. The van der Waals surface area contributed by atoms with Crippen molar-refractivity contribution in [1.82, 2.24) is 5.32 Å². The maximum Gasteiger partial charge on any atom is 0.00672 e. The van der Waals surface area contributed by atoms with Gasteiger partial charge in [-0.25, -0.2) is 0 Å². The summed E-state index contributed by atoms with van der Waals surface area (Å²) < 4.78 is 0.